The molecule has 2 saturated heterocycles. The number of amides is 4. The van der Waals surface area contributed by atoms with E-state index in [2.05, 4.69) is 31.0 Å². The molecule has 0 saturated carbocycles. The number of hydrogen-bond acceptors (Lipinski definition) is 13. The number of anilines is 2. The number of carbonyl (C=O) groups excluding carboxylic acids is 4. The Labute approximate surface area is 378 Å². The number of nitrogens with two attached hydrogens (primary N) is 2. The molecule has 2 aliphatic rings. The third-order valence-corrected chi connectivity index (χ3v) is 11.5. The van der Waals surface area contributed by atoms with E-state index in [1.165, 1.54) is 30.0 Å². The maximum atomic E-state index is 13.8. The SMILES string of the molecule is CCn1nc(C)cc1C(=O)Nc1nc2cc(C(N)=O)cc(OC)c2n1C/C=C/Cn1c(NC(=O)c2cc(Cl)nn2CC)nc2cc(C(N)=O)cc(OCCCN3CC4(CNCCO4)C3)c21. The van der Waals surface area contributed by atoms with Gasteiger partial charge in [-0.05, 0) is 57.5 Å². The van der Waals surface area contributed by atoms with Crippen molar-refractivity contribution in [1.29, 1.82) is 0 Å². The van der Waals surface area contributed by atoms with Crippen LogP contribution < -0.4 is 36.9 Å². The van der Waals surface area contributed by atoms with Gasteiger partial charge in [-0.1, -0.05) is 23.8 Å². The van der Waals surface area contributed by atoms with Gasteiger partial charge >= 0.3 is 0 Å². The van der Waals surface area contributed by atoms with E-state index in [0.717, 1.165) is 32.7 Å². The van der Waals surface area contributed by atoms with Gasteiger partial charge in [0.05, 0.1) is 37.1 Å². The lowest BCUT2D eigenvalue weighted by molar-refractivity contribution is -0.156. The molecule has 0 bridgehead atoms. The number of halogens is 1. The summed E-state index contributed by atoms with van der Waals surface area (Å²) in [6, 6.07) is 9.33. The summed E-state index contributed by atoms with van der Waals surface area (Å²) in [5.41, 5.74) is 14.6. The summed E-state index contributed by atoms with van der Waals surface area (Å²) in [4.78, 5) is 64.2. The normalized spacial score (nSPS) is 14.9. The van der Waals surface area contributed by atoms with Crippen molar-refractivity contribution in [3.8, 4) is 11.5 Å². The minimum absolute atomic E-state index is 0.137. The zero-order valence-corrected chi connectivity index (χ0v) is 37.3. The number of morpholine rings is 1. The van der Waals surface area contributed by atoms with Crippen molar-refractivity contribution in [1.82, 2.24) is 48.9 Å². The minimum atomic E-state index is -0.673. The quantitative estimate of drug-likeness (QED) is 0.0614. The smallest absolute Gasteiger partial charge is 0.276 e. The largest absolute Gasteiger partial charge is 0.494 e. The van der Waals surface area contributed by atoms with Crippen LogP contribution in [-0.4, -0.2) is 126 Å². The first-order valence-corrected chi connectivity index (χ1v) is 21.7. The number of carbonyl (C=O) groups is 4. The van der Waals surface area contributed by atoms with Crippen molar-refractivity contribution < 1.29 is 33.4 Å². The van der Waals surface area contributed by atoms with E-state index in [1.54, 1.807) is 38.9 Å². The van der Waals surface area contributed by atoms with Crippen molar-refractivity contribution in [2.75, 3.05) is 63.7 Å². The summed E-state index contributed by atoms with van der Waals surface area (Å²) in [6.07, 6.45) is 4.37. The van der Waals surface area contributed by atoms with Crippen LogP contribution in [0.15, 0.2) is 48.6 Å². The molecule has 2 aliphatic heterocycles. The number of nitrogens with one attached hydrogen (secondary N) is 3. The van der Waals surface area contributed by atoms with Gasteiger partial charge in [0.2, 0.25) is 23.7 Å². The lowest BCUT2D eigenvalue weighted by Crippen LogP contribution is -2.69. The number of hydrogen-bond donors (Lipinski definition) is 5. The molecule has 6 heterocycles. The predicted octanol–water partition coefficient (Wildman–Crippen LogP) is 3.19. The third-order valence-electron chi connectivity index (χ3n) is 11.3. The number of rotatable bonds is 18. The molecule has 0 aliphatic carbocycles. The van der Waals surface area contributed by atoms with Crippen molar-refractivity contribution in [3.05, 3.63) is 81.9 Å². The van der Waals surface area contributed by atoms with Crippen molar-refractivity contribution in [2.45, 2.75) is 59.0 Å². The van der Waals surface area contributed by atoms with Gasteiger partial charge in [-0.3, -0.25) is 44.1 Å². The first-order chi connectivity index (χ1) is 31.3. The average Bonchev–Trinajstić information content (AvgIpc) is 4.05. The van der Waals surface area contributed by atoms with E-state index in [1.807, 2.05) is 26.0 Å². The molecule has 6 aromatic rings. The van der Waals surface area contributed by atoms with Crippen LogP contribution in [0.1, 0.15) is 67.7 Å². The standard InChI is InChI=1S/C43H51ClN14O7/c1-5-57-30(16-25(3)52-57)39(61)50-41-48-28-17-26(37(45)59)19-32(63-4)35(28)55(41)12-7-8-13-56-36-29(49-42(56)51-40(62)31-21-34(44)53-58(31)6-2)18-27(38(46)60)20-33(36)64-14-9-11-54-23-43(24-54)22-47-10-15-65-43/h7-8,16-21,47H,5-6,9-15,22-24H2,1-4H3,(H2,45,59)(H2,46,60)(H,48,50,61)(H,49,51,62)/b8-7+. The van der Waals surface area contributed by atoms with Gasteiger partial charge in [-0.15, -0.1) is 0 Å². The number of primary amides is 2. The lowest BCUT2D eigenvalue weighted by Gasteiger charge is -2.51. The lowest BCUT2D eigenvalue weighted by atomic mass is 9.92. The number of methoxy groups -OCH3 is 1. The van der Waals surface area contributed by atoms with Crippen LogP contribution in [0.4, 0.5) is 11.9 Å². The molecular weight excluding hydrogens is 860 g/mol. The Morgan fingerprint density at radius 3 is 1.97 bits per heavy atom. The molecule has 1 spiro atoms. The van der Waals surface area contributed by atoms with Gasteiger partial charge in [-0.2, -0.15) is 10.2 Å². The van der Waals surface area contributed by atoms with Gasteiger partial charge in [-0.25, -0.2) is 9.97 Å². The molecule has 0 atom stereocenters. The Morgan fingerprint density at radius 2 is 1.42 bits per heavy atom. The van der Waals surface area contributed by atoms with Crippen LogP contribution in [0.25, 0.3) is 22.1 Å². The fourth-order valence-corrected chi connectivity index (χ4v) is 8.53. The van der Waals surface area contributed by atoms with Crippen LogP contribution in [0.3, 0.4) is 0 Å². The summed E-state index contributed by atoms with van der Waals surface area (Å²) in [5, 5.41) is 18.0. The van der Waals surface area contributed by atoms with Gasteiger partial charge < -0.3 is 40.1 Å². The second-order valence-electron chi connectivity index (χ2n) is 15.9. The maximum Gasteiger partial charge on any atom is 0.276 e. The third kappa shape index (κ3) is 9.26. The molecule has 2 fully saturated rings. The van der Waals surface area contributed by atoms with Gasteiger partial charge in [0, 0.05) is 76.1 Å². The fraction of sp³-hybridized carbons (Fsp3) is 0.395. The molecule has 2 aromatic carbocycles. The summed E-state index contributed by atoms with van der Waals surface area (Å²) in [7, 11) is 1.46. The Balaban J connectivity index is 1.12. The first kappa shape index (κ1) is 44.8. The number of likely N-dealkylation sites (tertiary alicyclic amines) is 1. The second-order valence-corrected chi connectivity index (χ2v) is 16.3. The number of aryl methyl sites for hydroxylation is 3. The van der Waals surface area contributed by atoms with Crippen LogP contribution >= 0.6 is 11.6 Å². The molecule has 7 N–H and O–H groups in total. The highest BCUT2D eigenvalue weighted by molar-refractivity contribution is 6.29. The summed E-state index contributed by atoms with van der Waals surface area (Å²) < 4.78 is 24.7. The number of ether oxygens (including phenoxy) is 3. The molecule has 0 unspecified atom stereocenters. The number of imidazole rings is 2. The maximum absolute atomic E-state index is 13.8. The second kappa shape index (κ2) is 18.7. The molecule has 342 valence electrons. The number of fused-ring (bicyclic) bond motifs is 2. The average molecular weight is 911 g/mol. The molecular formula is C43H51ClN14O7. The van der Waals surface area contributed by atoms with Crippen LogP contribution in [0, 0.1) is 6.92 Å². The monoisotopic (exact) mass is 910 g/mol. The van der Waals surface area contributed by atoms with Crippen LogP contribution in [0.2, 0.25) is 5.15 Å². The van der Waals surface area contributed by atoms with E-state index < -0.39 is 23.6 Å². The topological polar surface area (TPSA) is 259 Å². The minimum Gasteiger partial charge on any atom is -0.494 e. The first-order valence-electron chi connectivity index (χ1n) is 21.3. The summed E-state index contributed by atoms with van der Waals surface area (Å²) >= 11 is 6.20. The highest BCUT2D eigenvalue weighted by Crippen LogP contribution is 2.34. The zero-order valence-electron chi connectivity index (χ0n) is 36.5. The predicted molar refractivity (Wildman–Crippen MR) is 242 cm³/mol. The van der Waals surface area contributed by atoms with E-state index in [-0.39, 0.29) is 52.6 Å². The zero-order chi connectivity index (χ0) is 46.0. The molecule has 4 aromatic heterocycles. The Bertz CT molecular complexity index is 2830. The number of allylic oxidation sites excluding steroid dienone is 2. The van der Waals surface area contributed by atoms with Gasteiger partial charge in [0.15, 0.2) is 5.15 Å². The van der Waals surface area contributed by atoms with Crippen molar-refractivity contribution in [3.63, 3.8) is 0 Å². The number of nitrogens with zero attached hydrogens (tertiary/aromatic N) is 9. The molecule has 4 amide bonds. The van der Waals surface area contributed by atoms with Crippen molar-refractivity contribution in [2.24, 2.45) is 11.5 Å². The van der Waals surface area contributed by atoms with Crippen LogP contribution in [0.5, 0.6) is 11.5 Å². The number of aromatic nitrogens is 8. The molecule has 0 radical (unpaired) electrons. The van der Waals surface area contributed by atoms with E-state index in [9.17, 15) is 19.2 Å². The van der Waals surface area contributed by atoms with E-state index >= 15 is 0 Å². The molecule has 65 heavy (non-hydrogen) atoms. The molecule has 8 rings (SSSR count). The van der Waals surface area contributed by atoms with Crippen LogP contribution in [-0.2, 0) is 30.9 Å². The summed E-state index contributed by atoms with van der Waals surface area (Å²) in [6.45, 7) is 11.8. The van der Waals surface area contributed by atoms with E-state index in [0.29, 0.717) is 77.7 Å². The fourth-order valence-electron chi connectivity index (χ4n) is 8.33. The Kier molecular flexibility index (Phi) is 12.9. The highest BCUT2D eigenvalue weighted by atomic mass is 35.5. The summed E-state index contributed by atoms with van der Waals surface area (Å²) in [5.74, 6) is -1.31. The molecule has 22 heteroatoms. The van der Waals surface area contributed by atoms with Crippen molar-refractivity contribution >= 4 is 69.2 Å². The Morgan fingerprint density at radius 1 is 0.846 bits per heavy atom. The Hall–Kier alpha value is -6.81. The number of benzene rings is 2. The van der Waals surface area contributed by atoms with Gasteiger partial charge in [0.1, 0.15) is 39.5 Å². The molecule has 21 nitrogen and oxygen atoms in total. The van der Waals surface area contributed by atoms with Gasteiger partial charge in [0.25, 0.3) is 11.8 Å². The van der Waals surface area contributed by atoms with E-state index in [4.69, 9.17) is 47.2 Å². The highest BCUT2D eigenvalue weighted by Gasteiger charge is 2.44.